The Balaban J connectivity index is 2.28. The second-order valence-corrected chi connectivity index (χ2v) is 6.65. The molecule has 0 aliphatic carbocycles. The zero-order valence-corrected chi connectivity index (χ0v) is 11.3. The van der Waals surface area contributed by atoms with Gasteiger partial charge >= 0.3 is 0 Å². The first-order valence-electron chi connectivity index (χ1n) is 4.42. The quantitative estimate of drug-likeness (QED) is 0.688. The third kappa shape index (κ3) is 2.10. The molecule has 2 heterocycles. The van der Waals surface area contributed by atoms with Gasteiger partial charge in [0.15, 0.2) is 0 Å². The normalized spacial score (nSPS) is 13.1. The molecule has 2 aromatic rings. The van der Waals surface area contributed by atoms with Crippen LogP contribution in [0.25, 0.3) is 0 Å². The molecule has 0 saturated heterocycles. The molecule has 0 aromatic carbocycles. The monoisotopic (exact) mass is 286 g/mol. The highest BCUT2D eigenvalue weighted by Gasteiger charge is 2.12. The van der Waals surface area contributed by atoms with Gasteiger partial charge in [0, 0.05) is 14.6 Å². The lowest BCUT2D eigenvalue weighted by Crippen LogP contribution is -1.84. The number of thiophene rings is 2. The zero-order chi connectivity index (χ0) is 10.1. The van der Waals surface area contributed by atoms with Crippen LogP contribution in [0.15, 0.2) is 23.6 Å². The van der Waals surface area contributed by atoms with Gasteiger partial charge in [-0.2, -0.15) is 0 Å². The average molecular weight is 287 g/mol. The molecular weight excluding hydrogens is 276 g/mol. The van der Waals surface area contributed by atoms with Gasteiger partial charge in [-0.1, -0.05) is 15.9 Å². The van der Waals surface area contributed by atoms with Gasteiger partial charge in [-0.3, -0.25) is 0 Å². The molecule has 0 nitrogen and oxygen atoms in total. The summed E-state index contributed by atoms with van der Waals surface area (Å²) >= 11 is 7.40. The van der Waals surface area contributed by atoms with E-state index in [0.29, 0.717) is 4.83 Å². The van der Waals surface area contributed by atoms with Crippen LogP contribution >= 0.6 is 38.6 Å². The van der Waals surface area contributed by atoms with Crippen LogP contribution in [0.5, 0.6) is 0 Å². The van der Waals surface area contributed by atoms with Crippen LogP contribution in [0.3, 0.4) is 0 Å². The molecule has 0 fully saturated rings. The van der Waals surface area contributed by atoms with Crippen LogP contribution in [-0.2, 0) is 0 Å². The average Bonchev–Trinajstić information content (AvgIpc) is 2.73. The Hall–Kier alpha value is -0.120. The third-order valence-electron chi connectivity index (χ3n) is 2.05. The van der Waals surface area contributed by atoms with Crippen molar-refractivity contribution >= 4 is 38.6 Å². The molecule has 0 radical (unpaired) electrons. The third-order valence-corrected chi connectivity index (χ3v) is 5.32. The highest BCUT2D eigenvalue weighted by molar-refractivity contribution is 9.09. The zero-order valence-electron chi connectivity index (χ0n) is 8.08. The van der Waals surface area contributed by atoms with E-state index in [2.05, 4.69) is 53.4 Å². The van der Waals surface area contributed by atoms with Crippen LogP contribution in [0.4, 0.5) is 0 Å². The number of hydrogen-bond acceptors (Lipinski definition) is 2. The van der Waals surface area contributed by atoms with Crippen molar-refractivity contribution in [2.45, 2.75) is 18.7 Å². The lowest BCUT2D eigenvalue weighted by molar-refractivity contribution is 1.24. The summed E-state index contributed by atoms with van der Waals surface area (Å²) < 4.78 is 0. The standard InChI is InChI=1S/C11H11BrS2/c1-7-3-4-10(14-7)11(12)9-5-8(2)13-6-9/h3-6,11H,1-2H3. The SMILES string of the molecule is Cc1cc(C(Br)c2ccc(C)s2)cs1. The molecule has 0 spiro atoms. The smallest absolute Gasteiger partial charge is 0.0746 e. The van der Waals surface area contributed by atoms with Crippen LogP contribution in [0.1, 0.15) is 25.0 Å². The molecule has 0 N–H and O–H groups in total. The molecule has 2 rings (SSSR count). The first kappa shape index (κ1) is 10.4. The number of aryl methyl sites for hydroxylation is 2. The molecule has 3 heteroatoms. The van der Waals surface area contributed by atoms with Gasteiger partial charge in [0.1, 0.15) is 0 Å². The van der Waals surface area contributed by atoms with Crippen LogP contribution in [0.2, 0.25) is 0 Å². The Kier molecular flexibility index (Phi) is 3.10. The van der Waals surface area contributed by atoms with E-state index in [-0.39, 0.29) is 0 Å². The Morgan fingerprint density at radius 1 is 1.21 bits per heavy atom. The minimum absolute atomic E-state index is 0.367. The fourth-order valence-electron chi connectivity index (χ4n) is 1.35. The Morgan fingerprint density at radius 2 is 2.00 bits per heavy atom. The van der Waals surface area contributed by atoms with E-state index in [0.717, 1.165) is 0 Å². The number of rotatable bonds is 2. The predicted octanol–water partition coefficient (Wildman–Crippen LogP) is 4.91. The first-order chi connectivity index (χ1) is 6.66. The highest BCUT2D eigenvalue weighted by Crippen LogP contribution is 2.36. The summed E-state index contributed by atoms with van der Waals surface area (Å²) in [5.41, 5.74) is 1.37. The molecular formula is C11H11BrS2. The fraction of sp³-hybridized carbons (Fsp3) is 0.273. The molecule has 0 saturated carbocycles. The molecule has 1 unspecified atom stereocenters. The number of halogens is 1. The summed E-state index contributed by atoms with van der Waals surface area (Å²) in [5, 5.41) is 2.23. The van der Waals surface area contributed by atoms with Gasteiger partial charge in [-0.05, 0) is 43.0 Å². The van der Waals surface area contributed by atoms with Crippen molar-refractivity contribution in [1.29, 1.82) is 0 Å². The summed E-state index contributed by atoms with van der Waals surface area (Å²) in [6, 6.07) is 6.62. The van der Waals surface area contributed by atoms with E-state index in [1.165, 1.54) is 20.2 Å². The molecule has 0 aliphatic heterocycles. The second kappa shape index (κ2) is 4.17. The summed E-state index contributed by atoms with van der Waals surface area (Å²) in [5.74, 6) is 0. The van der Waals surface area contributed by atoms with Crippen molar-refractivity contribution < 1.29 is 0 Å². The molecule has 0 bridgehead atoms. The van der Waals surface area contributed by atoms with Gasteiger partial charge in [-0.15, -0.1) is 22.7 Å². The lowest BCUT2D eigenvalue weighted by atomic mass is 10.2. The van der Waals surface area contributed by atoms with Crippen molar-refractivity contribution in [3.8, 4) is 0 Å². The first-order valence-corrected chi connectivity index (χ1v) is 7.03. The van der Waals surface area contributed by atoms with Crippen molar-refractivity contribution in [2.75, 3.05) is 0 Å². The van der Waals surface area contributed by atoms with Gasteiger partial charge in [0.25, 0.3) is 0 Å². The van der Waals surface area contributed by atoms with Crippen LogP contribution in [0, 0.1) is 13.8 Å². The van der Waals surface area contributed by atoms with E-state index in [4.69, 9.17) is 0 Å². The van der Waals surface area contributed by atoms with E-state index < -0.39 is 0 Å². The molecule has 1 atom stereocenters. The summed E-state index contributed by atoms with van der Waals surface area (Å²) in [6.45, 7) is 4.29. The summed E-state index contributed by atoms with van der Waals surface area (Å²) in [7, 11) is 0. The largest absolute Gasteiger partial charge is 0.149 e. The van der Waals surface area contributed by atoms with Crippen LogP contribution in [-0.4, -0.2) is 0 Å². The Morgan fingerprint density at radius 3 is 2.50 bits per heavy atom. The second-order valence-electron chi connectivity index (χ2n) is 3.30. The van der Waals surface area contributed by atoms with Gasteiger partial charge in [-0.25, -0.2) is 0 Å². The van der Waals surface area contributed by atoms with Crippen molar-refractivity contribution in [3.05, 3.63) is 43.8 Å². The number of alkyl halides is 1. The minimum Gasteiger partial charge on any atom is -0.149 e. The predicted molar refractivity (Wildman–Crippen MR) is 68.9 cm³/mol. The molecule has 14 heavy (non-hydrogen) atoms. The van der Waals surface area contributed by atoms with Gasteiger partial charge < -0.3 is 0 Å². The highest BCUT2D eigenvalue weighted by atomic mass is 79.9. The topological polar surface area (TPSA) is 0 Å². The van der Waals surface area contributed by atoms with Crippen molar-refractivity contribution in [2.24, 2.45) is 0 Å². The summed E-state index contributed by atoms with van der Waals surface area (Å²) in [4.78, 5) is 4.50. The minimum atomic E-state index is 0.367. The van der Waals surface area contributed by atoms with Crippen LogP contribution < -0.4 is 0 Å². The van der Waals surface area contributed by atoms with E-state index in [1.807, 2.05) is 22.7 Å². The Bertz CT molecular complexity index is 388. The molecule has 2 aromatic heterocycles. The van der Waals surface area contributed by atoms with Gasteiger partial charge in [0.2, 0.25) is 0 Å². The van der Waals surface area contributed by atoms with E-state index >= 15 is 0 Å². The summed E-state index contributed by atoms with van der Waals surface area (Å²) in [6.07, 6.45) is 0. The Labute approximate surface area is 101 Å². The molecule has 74 valence electrons. The maximum atomic E-state index is 3.74. The number of hydrogen-bond donors (Lipinski definition) is 0. The van der Waals surface area contributed by atoms with E-state index in [9.17, 15) is 0 Å². The van der Waals surface area contributed by atoms with Crippen molar-refractivity contribution in [3.63, 3.8) is 0 Å². The van der Waals surface area contributed by atoms with Gasteiger partial charge in [0.05, 0.1) is 4.83 Å². The molecule has 0 aliphatic rings. The maximum absolute atomic E-state index is 3.74. The van der Waals surface area contributed by atoms with Crippen molar-refractivity contribution in [1.82, 2.24) is 0 Å². The van der Waals surface area contributed by atoms with E-state index in [1.54, 1.807) is 0 Å². The fourth-order valence-corrected chi connectivity index (χ4v) is 3.84. The maximum Gasteiger partial charge on any atom is 0.0746 e. The lowest BCUT2D eigenvalue weighted by Gasteiger charge is -2.03. The molecule has 0 amide bonds.